The standard InChI is InChI=1S/C32H45NO3/c1-22(11-12-29-24(3)10-7-13-31(29,4)5)8-6-9-23(2)16-30(34)36-15-14-32(33-35)27-18-25-17-26(20-27)21-28(32)19-25/h6,8-9,11-12,16,25-28H,7,10,13-15,17-21H2,1-5H3/b9-6+,12-11+,22-8+,23-16+. The van der Waals surface area contributed by atoms with E-state index in [-0.39, 0.29) is 18.0 Å². The summed E-state index contributed by atoms with van der Waals surface area (Å²) < 4.78 is 5.53. The van der Waals surface area contributed by atoms with Crippen molar-refractivity contribution in [1.82, 2.24) is 0 Å². The third-order valence-electron chi connectivity index (χ3n) is 9.59. The first-order chi connectivity index (χ1) is 17.1. The number of nitroso groups, excluding NO2 is 1. The van der Waals surface area contributed by atoms with Crippen LogP contribution in [0.4, 0.5) is 0 Å². The molecule has 36 heavy (non-hydrogen) atoms. The normalized spacial score (nSPS) is 34.1. The van der Waals surface area contributed by atoms with Crippen LogP contribution in [0.3, 0.4) is 0 Å². The zero-order valence-electron chi connectivity index (χ0n) is 23.0. The average molecular weight is 492 g/mol. The number of carbonyl (C=O) groups excluding carboxylic acids is 1. The number of nitrogens with zero attached hydrogens (tertiary/aromatic N) is 1. The van der Waals surface area contributed by atoms with Crippen LogP contribution in [0.25, 0.3) is 0 Å². The molecule has 0 heterocycles. The topological polar surface area (TPSA) is 55.7 Å². The molecule has 0 atom stereocenters. The molecule has 5 rings (SSSR count). The van der Waals surface area contributed by atoms with Crippen LogP contribution in [-0.2, 0) is 9.53 Å². The molecular formula is C32H45NO3. The Labute approximate surface area is 218 Å². The summed E-state index contributed by atoms with van der Waals surface area (Å²) in [5.41, 5.74) is 4.71. The molecule has 0 aromatic carbocycles. The molecule has 4 nitrogen and oxygen atoms in total. The number of esters is 1. The maximum absolute atomic E-state index is 12.4. The lowest BCUT2D eigenvalue weighted by atomic mass is 9.48. The molecule has 0 aliphatic heterocycles. The van der Waals surface area contributed by atoms with Gasteiger partial charge >= 0.3 is 5.97 Å². The van der Waals surface area contributed by atoms with E-state index in [1.165, 1.54) is 48.5 Å². The summed E-state index contributed by atoms with van der Waals surface area (Å²) in [7, 11) is 0. The van der Waals surface area contributed by atoms with Crippen molar-refractivity contribution in [3.8, 4) is 0 Å². The summed E-state index contributed by atoms with van der Waals surface area (Å²) in [5.74, 6) is 2.01. The van der Waals surface area contributed by atoms with Crippen LogP contribution in [0.5, 0.6) is 0 Å². The van der Waals surface area contributed by atoms with E-state index in [0.29, 0.717) is 18.3 Å². The fourth-order valence-corrected chi connectivity index (χ4v) is 7.83. The number of hydrogen-bond donors (Lipinski definition) is 0. The van der Waals surface area contributed by atoms with Crippen LogP contribution in [0, 0.1) is 34.0 Å². The van der Waals surface area contributed by atoms with E-state index in [1.54, 1.807) is 0 Å². The summed E-state index contributed by atoms with van der Waals surface area (Å²) in [6.07, 6.45) is 22.1. The minimum atomic E-state index is -0.510. The Bertz CT molecular complexity index is 978. The van der Waals surface area contributed by atoms with Crippen molar-refractivity contribution in [3.63, 3.8) is 0 Å². The highest BCUT2D eigenvalue weighted by molar-refractivity contribution is 5.83. The van der Waals surface area contributed by atoms with Crippen LogP contribution in [0.15, 0.2) is 63.9 Å². The third-order valence-corrected chi connectivity index (χ3v) is 9.59. The SMILES string of the molecule is CC1=C(/C=C/C(C)=C/C=C/C(C)=C/C(=O)OCCC2(N=O)C3CC4CC(C3)CC2C4)C(C)(C)CCC1. The largest absolute Gasteiger partial charge is 0.462 e. The van der Waals surface area contributed by atoms with Crippen molar-refractivity contribution in [2.45, 2.75) is 97.9 Å². The van der Waals surface area contributed by atoms with Gasteiger partial charge in [-0.3, -0.25) is 0 Å². The van der Waals surface area contributed by atoms with Gasteiger partial charge in [-0.2, -0.15) is 4.91 Å². The van der Waals surface area contributed by atoms with Gasteiger partial charge in [-0.25, -0.2) is 4.79 Å². The Morgan fingerprint density at radius 1 is 1.03 bits per heavy atom. The molecule has 0 unspecified atom stereocenters. The van der Waals surface area contributed by atoms with Gasteiger partial charge in [-0.05, 0) is 112 Å². The van der Waals surface area contributed by atoms with Gasteiger partial charge in [0.05, 0.1) is 6.61 Å². The first kappa shape index (κ1) is 26.8. The maximum Gasteiger partial charge on any atom is 0.331 e. The molecule has 0 aromatic rings. The van der Waals surface area contributed by atoms with Gasteiger partial charge in [0.25, 0.3) is 0 Å². The van der Waals surface area contributed by atoms with E-state index >= 15 is 0 Å². The Hall–Kier alpha value is -2.23. The summed E-state index contributed by atoms with van der Waals surface area (Å²) in [6.45, 7) is 11.2. The zero-order chi connectivity index (χ0) is 25.9. The van der Waals surface area contributed by atoms with Crippen LogP contribution in [0.1, 0.15) is 92.4 Å². The lowest BCUT2D eigenvalue weighted by Gasteiger charge is -2.58. The van der Waals surface area contributed by atoms with Gasteiger partial charge in [-0.15, -0.1) is 0 Å². The molecular weight excluding hydrogens is 446 g/mol. The minimum Gasteiger partial charge on any atom is -0.462 e. The van der Waals surface area contributed by atoms with Crippen molar-refractivity contribution in [2.75, 3.05) is 6.61 Å². The molecule has 0 aromatic heterocycles. The van der Waals surface area contributed by atoms with Crippen molar-refractivity contribution >= 4 is 5.97 Å². The lowest BCUT2D eigenvalue weighted by molar-refractivity contribution is -0.139. The van der Waals surface area contributed by atoms with Crippen LogP contribution < -0.4 is 0 Å². The molecule has 4 bridgehead atoms. The number of carbonyl (C=O) groups is 1. The molecule has 4 heteroatoms. The van der Waals surface area contributed by atoms with Gasteiger partial charge < -0.3 is 4.74 Å². The Morgan fingerprint density at radius 3 is 2.31 bits per heavy atom. The molecule has 0 saturated heterocycles. The predicted octanol–water partition coefficient (Wildman–Crippen LogP) is 8.41. The summed E-state index contributed by atoms with van der Waals surface area (Å²) in [5, 5.41) is 3.71. The number of rotatable bonds is 9. The fraction of sp³-hybridized carbons (Fsp3) is 0.656. The van der Waals surface area contributed by atoms with Gasteiger partial charge in [0.15, 0.2) is 0 Å². The second kappa shape index (κ2) is 11.0. The molecule has 5 aliphatic rings. The number of ether oxygens (including phenoxy) is 1. The minimum absolute atomic E-state index is 0.242. The van der Waals surface area contributed by atoms with E-state index in [4.69, 9.17) is 4.74 Å². The quantitative estimate of drug-likeness (QED) is 0.141. The smallest absolute Gasteiger partial charge is 0.331 e. The van der Waals surface area contributed by atoms with Crippen molar-refractivity contribution in [1.29, 1.82) is 0 Å². The van der Waals surface area contributed by atoms with Crippen molar-refractivity contribution < 1.29 is 9.53 Å². The highest BCUT2D eigenvalue weighted by Crippen LogP contribution is 2.60. The van der Waals surface area contributed by atoms with E-state index in [1.807, 2.05) is 19.1 Å². The summed E-state index contributed by atoms with van der Waals surface area (Å²) in [6, 6.07) is 0. The fourth-order valence-electron chi connectivity index (χ4n) is 7.83. The molecule has 196 valence electrons. The second-order valence-corrected chi connectivity index (χ2v) is 12.7. The number of allylic oxidation sites excluding steroid dienone is 9. The Balaban J connectivity index is 1.27. The number of hydrogen-bond acceptors (Lipinski definition) is 4. The molecule has 5 aliphatic carbocycles. The molecule has 0 N–H and O–H groups in total. The van der Waals surface area contributed by atoms with Crippen LogP contribution in [-0.4, -0.2) is 18.1 Å². The zero-order valence-corrected chi connectivity index (χ0v) is 23.0. The van der Waals surface area contributed by atoms with Gasteiger partial charge in [-0.1, -0.05) is 60.6 Å². The Morgan fingerprint density at radius 2 is 1.69 bits per heavy atom. The average Bonchev–Trinajstić information content (AvgIpc) is 2.80. The lowest BCUT2D eigenvalue weighted by Crippen LogP contribution is -2.56. The molecule has 0 amide bonds. The first-order valence-electron chi connectivity index (χ1n) is 14.1. The van der Waals surface area contributed by atoms with Gasteiger partial charge in [0, 0.05) is 12.5 Å². The molecule has 4 fully saturated rings. The van der Waals surface area contributed by atoms with E-state index in [9.17, 15) is 9.70 Å². The molecule has 0 spiro atoms. The van der Waals surface area contributed by atoms with Crippen molar-refractivity contribution in [3.05, 3.63) is 63.7 Å². The summed E-state index contributed by atoms with van der Waals surface area (Å²) in [4.78, 5) is 24.4. The van der Waals surface area contributed by atoms with E-state index in [0.717, 1.165) is 43.1 Å². The predicted molar refractivity (Wildman–Crippen MR) is 147 cm³/mol. The van der Waals surface area contributed by atoms with Crippen LogP contribution in [0.2, 0.25) is 0 Å². The summed E-state index contributed by atoms with van der Waals surface area (Å²) >= 11 is 0. The molecule has 4 saturated carbocycles. The monoisotopic (exact) mass is 491 g/mol. The van der Waals surface area contributed by atoms with Crippen LogP contribution >= 0.6 is 0 Å². The highest BCUT2D eigenvalue weighted by Gasteiger charge is 2.58. The highest BCUT2D eigenvalue weighted by atomic mass is 16.5. The Kier molecular flexibility index (Phi) is 8.22. The first-order valence-corrected chi connectivity index (χ1v) is 14.1. The van der Waals surface area contributed by atoms with E-state index in [2.05, 4.69) is 51.1 Å². The van der Waals surface area contributed by atoms with Gasteiger partial charge in [0.2, 0.25) is 0 Å². The second-order valence-electron chi connectivity index (χ2n) is 12.7. The van der Waals surface area contributed by atoms with Gasteiger partial charge in [0.1, 0.15) is 5.54 Å². The maximum atomic E-state index is 12.4. The van der Waals surface area contributed by atoms with E-state index < -0.39 is 5.54 Å². The third kappa shape index (κ3) is 5.84. The molecule has 0 radical (unpaired) electrons. The van der Waals surface area contributed by atoms with Crippen molar-refractivity contribution in [2.24, 2.45) is 34.3 Å².